The van der Waals surface area contributed by atoms with Crippen LogP contribution in [-0.2, 0) is 6.54 Å². The number of benzene rings is 1. The van der Waals surface area contributed by atoms with Crippen LogP contribution in [0.4, 0.5) is 0 Å². The minimum absolute atomic E-state index is 0.0283. The number of aliphatic hydroxyl groups excluding tert-OH is 1. The maximum absolute atomic E-state index is 12.2. The molecule has 24 heavy (non-hydrogen) atoms. The number of aryl methyl sites for hydroxylation is 3. The molecule has 0 radical (unpaired) electrons. The predicted octanol–water partition coefficient (Wildman–Crippen LogP) is 1.79. The van der Waals surface area contributed by atoms with Gasteiger partial charge in [0.2, 0.25) is 0 Å². The molecule has 1 heterocycles. The number of aliphatic hydroxyl groups is 1. The van der Waals surface area contributed by atoms with Gasteiger partial charge in [-0.15, -0.1) is 0 Å². The van der Waals surface area contributed by atoms with Gasteiger partial charge in [0.15, 0.2) is 0 Å². The highest BCUT2D eigenvalue weighted by atomic mass is 16.5. The monoisotopic (exact) mass is 327 g/mol. The summed E-state index contributed by atoms with van der Waals surface area (Å²) in [5.74, 6) is 0.701. The number of rotatable bonds is 5. The van der Waals surface area contributed by atoms with Crippen molar-refractivity contribution in [2.75, 3.05) is 6.61 Å². The fraction of sp³-hybridized carbons (Fsp3) is 0.389. The lowest BCUT2D eigenvalue weighted by molar-refractivity contribution is 0.0874. The molecular formula is C18H21N3O3. The summed E-state index contributed by atoms with van der Waals surface area (Å²) in [7, 11) is 0. The molecule has 0 saturated heterocycles. The Morgan fingerprint density at radius 1 is 1.33 bits per heavy atom. The van der Waals surface area contributed by atoms with E-state index in [4.69, 9.17) is 10.00 Å². The normalized spacial score (nSPS) is 11.8. The molecule has 0 fully saturated rings. The average Bonchev–Trinajstić information content (AvgIpc) is 2.54. The summed E-state index contributed by atoms with van der Waals surface area (Å²) >= 11 is 0. The van der Waals surface area contributed by atoms with Gasteiger partial charge in [-0.05, 0) is 50.5 Å². The summed E-state index contributed by atoms with van der Waals surface area (Å²) in [6.07, 6.45) is -0.913. The molecule has 6 heteroatoms. The van der Waals surface area contributed by atoms with Crippen molar-refractivity contribution in [2.45, 2.75) is 40.3 Å². The zero-order valence-corrected chi connectivity index (χ0v) is 14.3. The van der Waals surface area contributed by atoms with Gasteiger partial charge < -0.3 is 9.84 Å². The SMILES string of the molecule is Cc1ccc(C)c(OC[C@H](O)Cn2nc(C)c(C)c(C#N)c2=O)c1. The van der Waals surface area contributed by atoms with E-state index in [1.807, 2.05) is 38.1 Å². The fourth-order valence-electron chi connectivity index (χ4n) is 2.33. The van der Waals surface area contributed by atoms with Gasteiger partial charge >= 0.3 is 0 Å². The topological polar surface area (TPSA) is 88.1 Å². The summed E-state index contributed by atoms with van der Waals surface area (Å²) in [5.41, 5.74) is 2.77. The Bertz CT molecular complexity index is 850. The van der Waals surface area contributed by atoms with E-state index < -0.39 is 11.7 Å². The minimum Gasteiger partial charge on any atom is -0.491 e. The zero-order valence-electron chi connectivity index (χ0n) is 14.3. The van der Waals surface area contributed by atoms with Crippen molar-refractivity contribution in [2.24, 2.45) is 0 Å². The molecule has 0 saturated carbocycles. The van der Waals surface area contributed by atoms with E-state index in [2.05, 4.69) is 5.10 Å². The quantitative estimate of drug-likeness (QED) is 0.904. The van der Waals surface area contributed by atoms with E-state index in [-0.39, 0.29) is 18.7 Å². The molecule has 0 aliphatic carbocycles. The Morgan fingerprint density at radius 2 is 2.04 bits per heavy atom. The van der Waals surface area contributed by atoms with Crippen LogP contribution in [0.2, 0.25) is 0 Å². The third-order valence-electron chi connectivity index (χ3n) is 3.91. The molecule has 1 aromatic carbocycles. The smallest absolute Gasteiger partial charge is 0.285 e. The van der Waals surface area contributed by atoms with Gasteiger partial charge in [0.25, 0.3) is 5.56 Å². The minimum atomic E-state index is -0.913. The number of nitrogens with zero attached hydrogens (tertiary/aromatic N) is 3. The number of aromatic nitrogens is 2. The fourth-order valence-corrected chi connectivity index (χ4v) is 2.33. The van der Waals surface area contributed by atoms with E-state index in [0.717, 1.165) is 15.8 Å². The van der Waals surface area contributed by atoms with Crippen LogP contribution >= 0.6 is 0 Å². The zero-order chi connectivity index (χ0) is 17.9. The molecule has 0 amide bonds. The van der Waals surface area contributed by atoms with Crippen LogP contribution in [0.1, 0.15) is 27.9 Å². The third-order valence-corrected chi connectivity index (χ3v) is 3.91. The molecule has 1 aromatic heterocycles. The Balaban J connectivity index is 2.12. The van der Waals surface area contributed by atoms with Crippen molar-refractivity contribution < 1.29 is 9.84 Å². The molecule has 0 spiro atoms. The molecule has 126 valence electrons. The van der Waals surface area contributed by atoms with E-state index in [1.54, 1.807) is 13.8 Å². The number of nitriles is 1. The summed E-state index contributed by atoms with van der Waals surface area (Å²) in [6, 6.07) is 7.74. The highest BCUT2D eigenvalue weighted by Gasteiger charge is 2.15. The largest absolute Gasteiger partial charge is 0.491 e. The van der Waals surface area contributed by atoms with Gasteiger partial charge in [-0.1, -0.05) is 12.1 Å². The van der Waals surface area contributed by atoms with Crippen LogP contribution in [0.5, 0.6) is 5.75 Å². The summed E-state index contributed by atoms with van der Waals surface area (Å²) in [5, 5.41) is 23.4. The second-order valence-corrected chi connectivity index (χ2v) is 5.92. The summed E-state index contributed by atoms with van der Waals surface area (Å²) in [4.78, 5) is 12.2. The second-order valence-electron chi connectivity index (χ2n) is 5.92. The van der Waals surface area contributed by atoms with Crippen molar-refractivity contribution in [3.8, 4) is 11.8 Å². The Kier molecular flexibility index (Phi) is 5.37. The molecule has 0 unspecified atom stereocenters. The number of ether oxygens (including phenoxy) is 1. The average molecular weight is 327 g/mol. The maximum Gasteiger partial charge on any atom is 0.285 e. The first-order valence-electron chi connectivity index (χ1n) is 7.70. The lowest BCUT2D eigenvalue weighted by atomic mass is 10.1. The van der Waals surface area contributed by atoms with E-state index >= 15 is 0 Å². The molecular weight excluding hydrogens is 306 g/mol. The lowest BCUT2D eigenvalue weighted by Crippen LogP contribution is -2.34. The van der Waals surface area contributed by atoms with Gasteiger partial charge in [0, 0.05) is 0 Å². The number of hydrogen-bond acceptors (Lipinski definition) is 5. The van der Waals surface area contributed by atoms with Crippen molar-refractivity contribution >= 4 is 0 Å². The molecule has 2 rings (SSSR count). The van der Waals surface area contributed by atoms with Crippen molar-refractivity contribution in [1.82, 2.24) is 9.78 Å². The second kappa shape index (κ2) is 7.28. The van der Waals surface area contributed by atoms with Crippen LogP contribution < -0.4 is 10.3 Å². The van der Waals surface area contributed by atoms with Crippen LogP contribution in [0.15, 0.2) is 23.0 Å². The van der Waals surface area contributed by atoms with Gasteiger partial charge in [-0.25, -0.2) is 4.68 Å². The predicted molar refractivity (Wildman–Crippen MR) is 90.1 cm³/mol. The maximum atomic E-state index is 12.2. The lowest BCUT2D eigenvalue weighted by Gasteiger charge is -2.16. The number of hydrogen-bond donors (Lipinski definition) is 1. The molecule has 1 atom stereocenters. The van der Waals surface area contributed by atoms with Gasteiger partial charge in [-0.2, -0.15) is 10.4 Å². The first kappa shape index (κ1) is 17.7. The summed E-state index contributed by atoms with van der Waals surface area (Å²) in [6.45, 7) is 7.31. The van der Waals surface area contributed by atoms with Gasteiger partial charge in [0.05, 0.1) is 12.2 Å². The van der Waals surface area contributed by atoms with E-state index in [0.29, 0.717) is 17.0 Å². The molecule has 0 bridgehead atoms. The standard InChI is InChI=1S/C18H21N3O3/c1-11-5-6-12(2)17(7-11)24-10-15(22)9-21-18(23)16(8-19)13(3)14(4)20-21/h5-7,15,22H,9-10H2,1-4H3/t15-/m1/s1. The van der Waals surface area contributed by atoms with Gasteiger partial charge in [0.1, 0.15) is 30.1 Å². The highest BCUT2D eigenvalue weighted by molar-refractivity contribution is 5.36. The molecule has 0 aliphatic rings. The molecule has 1 N–H and O–H groups in total. The summed E-state index contributed by atoms with van der Waals surface area (Å²) < 4.78 is 6.77. The van der Waals surface area contributed by atoms with E-state index in [1.165, 1.54) is 0 Å². The first-order chi connectivity index (χ1) is 11.3. The Labute approximate surface area is 140 Å². The molecule has 2 aromatic rings. The first-order valence-corrected chi connectivity index (χ1v) is 7.70. The Hall–Kier alpha value is -2.65. The van der Waals surface area contributed by atoms with Gasteiger partial charge in [-0.3, -0.25) is 4.79 Å². The molecule has 6 nitrogen and oxygen atoms in total. The molecule has 0 aliphatic heterocycles. The van der Waals surface area contributed by atoms with Crippen LogP contribution in [0.25, 0.3) is 0 Å². The van der Waals surface area contributed by atoms with Crippen LogP contribution in [-0.4, -0.2) is 27.6 Å². The highest BCUT2D eigenvalue weighted by Crippen LogP contribution is 2.19. The van der Waals surface area contributed by atoms with Crippen molar-refractivity contribution in [1.29, 1.82) is 5.26 Å². The van der Waals surface area contributed by atoms with Crippen molar-refractivity contribution in [3.05, 3.63) is 56.5 Å². The van der Waals surface area contributed by atoms with E-state index in [9.17, 15) is 9.90 Å². The van der Waals surface area contributed by atoms with Crippen LogP contribution in [0, 0.1) is 39.0 Å². The van der Waals surface area contributed by atoms with Crippen molar-refractivity contribution in [3.63, 3.8) is 0 Å². The Morgan fingerprint density at radius 3 is 2.71 bits per heavy atom. The third kappa shape index (κ3) is 3.81. The van der Waals surface area contributed by atoms with Crippen LogP contribution in [0.3, 0.4) is 0 Å².